The van der Waals surface area contributed by atoms with Crippen LogP contribution in [0.5, 0.6) is 0 Å². The highest BCUT2D eigenvalue weighted by molar-refractivity contribution is 7.88. The zero-order chi connectivity index (χ0) is 16.6. The van der Waals surface area contributed by atoms with Crippen molar-refractivity contribution >= 4 is 33.0 Å². The van der Waals surface area contributed by atoms with Crippen molar-refractivity contribution in [1.82, 2.24) is 9.29 Å². The lowest BCUT2D eigenvalue weighted by molar-refractivity contribution is -0.122. The second-order valence-corrected chi connectivity index (χ2v) is 8.64. The van der Waals surface area contributed by atoms with Gasteiger partial charge in [0, 0.05) is 29.7 Å². The van der Waals surface area contributed by atoms with E-state index < -0.39 is 10.0 Å². The summed E-state index contributed by atoms with van der Waals surface area (Å²) in [5, 5.41) is 5.82. The molecule has 2 heterocycles. The standard InChI is InChI=1S/C15H17N3O3S2/c1-10-16-14(9-22-10)11-4-3-5-13(6-11)17-15(19)12-7-18(8-12)23(2,20)21/h3-6,9,12H,7-8H2,1-2H3,(H,17,19). The van der Waals surface area contributed by atoms with E-state index in [0.29, 0.717) is 5.69 Å². The molecule has 0 spiro atoms. The van der Waals surface area contributed by atoms with Gasteiger partial charge in [-0.15, -0.1) is 11.3 Å². The Labute approximate surface area is 139 Å². The Hall–Kier alpha value is -1.77. The van der Waals surface area contributed by atoms with Gasteiger partial charge in [0.25, 0.3) is 0 Å². The number of thiazole rings is 1. The van der Waals surface area contributed by atoms with E-state index in [2.05, 4.69) is 10.3 Å². The molecule has 1 aliphatic rings. The molecule has 3 rings (SSSR count). The number of aromatic nitrogens is 1. The van der Waals surface area contributed by atoms with E-state index in [0.717, 1.165) is 22.5 Å². The molecule has 0 aliphatic carbocycles. The van der Waals surface area contributed by atoms with Gasteiger partial charge in [-0.1, -0.05) is 12.1 Å². The molecule has 1 amide bonds. The van der Waals surface area contributed by atoms with Crippen LogP contribution in [-0.4, -0.2) is 43.0 Å². The summed E-state index contributed by atoms with van der Waals surface area (Å²) in [6.07, 6.45) is 1.15. The van der Waals surface area contributed by atoms with Crippen LogP contribution in [0.1, 0.15) is 5.01 Å². The third kappa shape index (κ3) is 3.60. The number of anilines is 1. The van der Waals surface area contributed by atoms with E-state index in [9.17, 15) is 13.2 Å². The number of nitrogens with one attached hydrogen (secondary N) is 1. The molecule has 0 atom stereocenters. The zero-order valence-electron chi connectivity index (χ0n) is 12.8. The average Bonchev–Trinajstić information content (AvgIpc) is 2.82. The van der Waals surface area contributed by atoms with Crippen LogP contribution in [0.25, 0.3) is 11.3 Å². The lowest BCUT2D eigenvalue weighted by Crippen LogP contribution is -2.53. The topological polar surface area (TPSA) is 79.4 Å². The summed E-state index contributed by atoms with van der Waals surface area (Å²) in [4.78, 5) is 16.6. The monoisotopic (exact) mass is 351 g/mol. The molecule has 0 unspecified atom stereocenters. The highest BCUT2D eigenvalue weighted by Gasteiger charge is 2.37. The largest absolute Gasteiger partial charge is 0.326 e. The second kappa shape index (κ2) is 6.03. The number of nitrogens with zero attached hydrogens (tertiary/aromatic N) is 2. The fourth-order valence-corrected chi connectivity index (χ4v) is 3.89. The summed E-state index contributed by atoms with van der Waals surface area (Å²) >= 11 is 1.58. The highest BCUT2D eigenvalue weighted by atomic mass is 32.2. The summed E-state index contributed by atoms with van der Waals surface area (Å²) in [7, 11) is -3.20. The Balaban J connectivity index is 1.66. The van der Waals surface area contributed by atoms with Crippen molar-refractivity contribution in [3.8, 4) is 11.3 Å². The normalized spacial score (nSPS) is 16.1. The molecule has 122 valence electrons. The fraction of sp³-hybridized carbons (Fsp3) is 0.333. The first-order chi connectivity index (χ1) is 10.8. The lowest BCUT2D eigenvalue weighted by atomic mass is 10.0. The third-order valence-electron chi connectivity index (χ3n) is 3.73. The zero-order valence-corrected chi connectivity index (χ0v) is 14.4. The summed E-state index contributed by atoms with van der Waals surface area (Å²) in [5.41, 5.74) is 2.52. The number of carbonyl (C=O) groups is 1. The van der Waals surface area contributed by atoms with Gasteiger partial charge in [0.05, 0.1) is 22.9 Å². The minimum atomic E-state index is -3.20. The Morgan fingerprint density at radius 1 is 1.39 bits per heavy atom. The first-order valence-corrected chi connectivity index (χ1v) is 9.84. The first-order valence-electron chi connectivity index (χ1n) is 7.11. The van der Waals surface area contributed by atoms with Gasteiger partial charge in [-0.2, -0.15) is 0 Å². The van der Waals surface area contributed by atoms with E-state index in [1.165, 1.54) is 4.31 Å². The molecule has 1 aromatic carbocycles. The van der Waals surface area contributed by atoms with Crippen molar-refractivity contribution < 1.29 is 13.2 Å². The van der Waals surface area contributed by atoms with Crippen LogP contribution in [0.2, 0.25) is 0 Å². The Kier molecular flexibility index (Phi) is 4.22. The number of benzene rings is 1. The fourth-order valence-electron chi connectivity index (χ4n) is 2.37. The van der Waals surface area contributed by atoms with E-state index in [1.54, 1.807) is 11.3 Å². The van der Waals surface area contributed by atoms with Gasteiger partial charge in [-0.25, -0.2) is 17.7 Å². The SMILES string of the molecule is Cc1nc(-c2cccc(NC(=O)C3CN(S(C)(=O)=O)C3)c2)cs1. The second-order valence-electron chi connectivity index (χ2n) is 5.60. The minimum Gasteiger partial charge on any atom is -0.326 e. The van der Waals surface area contributed by atoms with Gasteiger partial charge in [-0.3, -0.25) is 4.79 Å². The number of amides is 1. The van der Waals surface area contributed by atoms with Gasteiger partial charge in [-0.05, 0) is 19.1 Å². The smallest absolute Gasteiger partial charge is 0.230 e. The number of aryl methyl sites for hydroxylation is 1. The van der Waals surface area contributed by atoms with E-state index >= 15 is 0 Å². The van der Waals surface area contributed by atoms with Crippen molar-refractivity contribution in [1.29, 1.82) is 0 Å². The minimum absolute atomic E-state index is 0.156. The van der Waals surface area contributed by atoms with Crippen LogP contribution in [0, 0.1) is 12.8 Å². The van der Waals surface area contributed by atoms with Crippen molar-refractivity contribution in [2.75, 3.05) is 24.7 Å². The van der Waals surface area contributed by atoms with Crippen molar-refractivity contribution in [2.24, 2.45) is 5.92 Å². The van der Waals surface area contributed by atoms with E-state index in [1.807, 2.05) is 36.6 Å². The Morgan fingerprint density at radius 3 is 2.74 bits per heavy atom. The van der Waals surface area contributed by atoms with Crippen LogP contribution in [0.3, 0.4) is 0 Å². The maximum absolute atomic E-state index is 12.2. The maximum Gasteiger partial charge on any atom is 0.230 e. The van der Waals surface area contributed by atoms with Gasteiger partial charge >= 0.3 is 0 Å². The van der Waals surface area contributed by atoms with Gasteiger partial charge < -0.3 is 5.32 Å². The Bertz CT molecular complexity index is 839. The van der Waals surface area contributed by atoms with Crippen molar-refractivity contribution in [3.05, 3.63) is 34.7 Å². The third-order valence-corrected chi connectivity index (χ3v) is 5.74. The molecule has 0 bridgehead atoms. The van der Waals surface area contributed by atoms with Gasteiger partial charge in [0.15, 0.2) is 0 Å². The maximum atomic E-state index is 12.2. The van der Waals surface area contributed by atoms with Crippen molar-refractivity contribution in [2.45, 2.75) is 6.92 Å². The highest BCUT2D eigenvalue weighted by Crippen LogP contribution is 2.25. The Morgan fingerprint density at radius 2 is 2.13 bits per heavy atom. The molecule has 1 saturated heterocycles. The number of sulfonamides is 1. The van der Waals surface area contributed by atoms with E-state index in [-0.39, 0.29) is 24.9 Å². The van der Waals surface area contributed by atoms with E-state index in [4.69, 9.17) is 0 Å². The number of hydrogen-bond donors (Lipinski definition) is 1. The molecule has 2 aromatic rings. The summed E-state index contributed by atoms with van der Waals surface area (Å²) in [6.45, 7) is 2.44. The molecule has 1 fully saturated rings. The van der Waals surface area contributed by atoms with Crippen molar-refractivity contribution in [3.63, 3.8) is 0 Å². The summed E-state index contributed by atoms with van der Waals surface area (Å²) in [5.74, 6) is -0.452. The molecule has 1 aromatic heterocycles. The van der Waals surface area contributed by atoms with Crippen LogP contribution >= 0.6 is 11.3 Å². The summed E-state index contributed by atoms with van der Waals surface area (Å²) < 4.78 is 24.0. The number of hydrogen-bond acceptors (Lipinski definition) is 5. The molecule has 8 heteroatoms. The molecule has 23 heavy (non-hydrogen) atoms. The number of carbonyl (C=O) groups excluding carboxylic acids is 1. The predicted molar refractivity (Wildman–Crippen MR) is 90.8 cm³/mol. The predicted octanol–water partition coefficient (Wildman–Crippen LogP) is 1.95. The van der Waals surface area contributed by atoms with Crippen LogP contribution in [-0.2, 0) is 14.8 Å². The summed E-state index contributed by atoms with van der Waals surface area (Å²) in [6, 6.07) is 7.50. The average molecular weight is 351 g/mol. The molecular weight excluding hydrogens is 334 g/mol. The molecule has 1 aliphatic heterocycles. The molecule has 1 N–H and O–H groups in total. The number of rotatable bonds is 4. The van der Waals surface area contributed by atoms with Gasteiger partial charge in [0.2, 0.25) is 15.9 Å². The van der Waals surface area contributed by atoms with Crippen LogP contribution in [0.4, 0.5) is 5.69 Å². The quantitative estimate of drug-likeness (QED) is 0.913. The molecule has 6 nitrogen and oxygen atoms in total. The van der Waals surface area contributed by atoms with Crippen LogP contribution in [0.15, 0.2) is 29.6 Å². The first kappa shape index (κ1) is 16.1. The molecular formula is C15H17N3O3S2. The lowest BCUT2D eigenvalue weighted by Gasteiger charge is -2.35. The van der Waals surface area contributed by atoms with Crippen LogP contribution < -0.4 is 5.32 Å². The molecule has 0 radical (unpaired) electrons. The molecule has 0 saturated carbocycles. The van der Waals surface area contributed by atoms with Gasteiger partial charge in [0.1, 0.15) is 0 Å².